The van der Waals surface area contributed by atoms with E-state index in [0.717, 1.165) is 32.4 Å². The summed E-state index contributed by atoms with van der Waals surface area (Å²) in [6.07, 6.45) is 3.63. The molecule has 1 aliphatic heterocycles. The molecule has 2 rings (SSSR count). The topological polar surface area (TPSA) is 84.2 Å². The van der Waals surface area contributed by atoms with Gasteiger partial charge in [0.05, 0.1) is 10.6 Å². The molecule has 22 heavy (non-hydrogen) atoms. The lowest BCUT2D eigenvalue weighted by molar-refractivity contribution is -0.116. The van der Waals surface area contributed by atoms with Crippen LogP contribution in [-0.2, 0) is 4.79 Å². The third-order valence-corrected chi connectivity index (χ3v) is 4.08. The van der Waals surface area contributed by atoms with Gasteiger partial charge in [-0.25, -0.2) is 0 Å². The summed E-state index contributed by atoms with van der Waals surface area (Å²) in [5.41, 5.74) is 5.99. The predicted octanol–water partition coefficient (Wildman–Crippen LogP) is 2.58. The third kappa shape index (κ3) is 5.48. The first kappa shape index (κ1) is 18.7. The molecule has 122 valence electrons. The first-order valence-corrected chi connectivity index (χ1v) is 7.54. The van der Waals surface area contributed by atoms with Crippen molar-refractivity contribution in [3.05, 3.63) is 28.8 Å². The second-order valence-corrected chi connectivity index (χ2v) is 5.75. The summed E-state index contributed by atoms with van der Waals surface area (Å²) in [6, 6.07) is 4.73. The number of piperidine rings is 1. The Bertz CT molecular complexity index is 532. The second-order valence-electron chi connectivity index (χ2n) is 5.34. The van der Waals surface area contributed by atoms with Crippen molar-refractivity contribution in [1.29, 1.82) is 0 Å². The zero-order chi connectivity index (χ0) is 15.2. The number of amides is 2. The van der Waals surface area contributed by atoms with Crippen molar-refractivity contribution in [2.24, 2.45) is 11.7 Å². The van der Waals surface area contributed by atoms with Crippen LogP contribution in [0, 0.1) is 5.92 Å². The minimum absolute atomic E-state index is 0. The Morgan fingerprint density at radius 2 is 2.00 bits per heavy atom. The molecule has 1 heterocycles. The molecule has 2 amide bonds. The Morgan fingerprint density at radius 1 is 1.32 bits per heavy atom. The average molecular weight is 346 g/mol. The van der Waals surface area contributed by atoms with Gasteiger partial charge in [0.25, 0.3) is 0 Å². The molecule has 1 aromatic rings. The molecule has 0 radical (unpaired) electrons. The first-order valence-electron chi connectivity index (χ1n) is 7.16. The van der Waals surface area contributed by atoms with E-state index in [1.807, 2.05) is 0 Å². The lowest BCUT2D eigenvalue weighted by Crippen LogP contribution is -2.28. The van der Waals surface area contributed by atoms with Gasteiger partial charge < -0.3 is 16.4 Å². The number of nitrogens with two attached hydrogens (primary N) is 1. The van der Waals surface area contributed by atoms with Crippen LogP contribution >= 0.6 is 24.0 Å². The fourth-order valence-electron chi connectivity index (χ4n) is 2.52. The Balaban J connectivity index is 0.00000242. The summed E-state index contributed by atoms with van der Waals surface area (Å²) in [4.78, 5) is 23.2. The lowest BCUT2D eigenvalue weighted by atomic mass is 9.93. The monoisotopic (exact) mass is 345 g/mol. The molecule has 0 aromatic heterocycles. The predicted molar refractivity (Wildman–Crippen MR) is 90.7 cm³/mol. The van der Waals surface area contributed by atoms with Crippen molar-refractivity contribution in [2.45, 2.75) is 25.7 Å². The molecule has 4 N–H and O–H groups in total. The molecular formula is C15H21Cl2N3O2. The highest BCUT2D eigenvalue weighted by Gasteiger charge is 2.15. The van der Waals surface area contributed by atoms with Crippen LogP contribution in [-0.4, -0.2) is 24.9 Å². The van der Waals surface area contributed by atoms with Crippen LogP contribution in [0.4, 0.5) is 5.69 Å². The number of carbonyl (C=O) groups excluding carboxylic acids is 2. The van der Waals surface area contributed by atoms with E-state index in [0.29, 0.717) is 18.0 Å². The highest BCUT2D eigenvalue weighted by atomic mass is 35.5. The molecular weight excluding hydrogens is 325 g/mol. The van der Waals surface area contributed by atoms with E-state index in [1.54, 1.807) is 12.1 Å². The number of hydrogen-bond acceptors (Lipinski definition) is 3. The Morgan fingerprint density at radius 3 is 2.64 bits per heavy atom. The minimum atomic E-state index is -0.606. The van der Waals surface area contributed by atoms with Gasteiger partial charge in [0.15, 0.2) is 0 Å². The van der Waals surface area contributed by atoms with Gasteiger partial charge in [0, 0.05) is 12.1 Å². The maximum Gasteiger partial charge on any atom is 0.250 e. The second kappa shape index (κ2) is 8.98. The standard InChI is InChI=1S/C15H20ClN3O2.ClH/c16-13-3-2-11(9-12(13)15(17)21)19-14(20)4-1-10-5-7-18-8-6-10;/h2-3,9-10,18H,1,4-8H2,(H2,17,21)(H,19,20);1H. The summed E-state index contributed by atoms with van der Waals surface area (Å²) >= 11 is 5.87. The van der Waals surface area contributed by atoms with Gasteiger partial charge in [-0.15, -0.1) is 12.4 Å². The number of nitrogens with one attached hydrogen (secondary N) is 2. The molecule has 5 nitrogen and oxygen atoms in total. The van der Waals surface area contributed by atoms with E-state index < -0.39 is 5.91 Å². The minimum Gasteiger partial charge on any atom is -0.366 e. The van der Waals surface area contributed by atoms with Crippen LogP contribution < -0.4 is 16.4 Å². The molecule has 0 saturated carbocycles. The molecule has 1 aromatic carbocycles. The van der Waals surface area contributed by atoms with Crippen molar-refractivity contribution in [3.63, 3.8) is 0 Å². The van der Waals surface area contributed by atoms with Crippen LogP contribution in [0.1, 0.15) is 36.0 Å². The molecule has 7 heteroatoms. The number of carbonyl (C=O) groups is 2. The molecule has 0 bridgehead atoms. The number of halogens is 2. The summed E-state index contributed by atoms with van der Waals surface area (Å²) in [5, 5.41) is 6.38. The van der Waals surface area contributed by atoms with Crippen LogP contribution in [0.5, 0.6) is 0 Å². The van der Waals surface area contributed by atoms with Crippen molar-refractivity contribution in [1.82, 2.24) is 5.32 Å². The van der Waals surface area contributed by atoms with Gasteiger partial charge in [-0.1, -0.05) is 11.6 Å². The summed E-state index contributed by atoms with van der Waals surface area (Å²) in [7, 11) is 0. The Labute approximate surface area is 141 Å². The first-order chi connectivity index (χ1) is 10.1. The van der Waals surface area contributed by atoms with Crippen LogP contribution in [0.2, 0.25) is 5.02 Å². The van der Waals surface area contributed by atoms with Crippen molar-refractivity contribution < 1.29 is 9.59 Å². The third-order valence-electron chi connectivity index (χ3n) is 3.75. The van der Waals surface area contributed by atoms with E-state index in [-0.39, 0.29) is 28.9 Å². The SMILES string of the molecule is Cl.NC(=O)c1cc(NC(=O)CCC2CCNCC2)ccc1Cl. The summed E-state index contributed by atoms with van der Waals surface area (Å²) in [6.45, 7) is 2.07. The largest absolute Gasteiger partial charge is 0.366 e. The van der Waals surface area contributed by atoms with E-state index in [9.17, 15) is 9.59 Å². The molecule has 0 unspecified atom stereocenters. The van der Waals surface area contributed by atoms with Crippen molar-refractivity contribution >= 4 is 41.5 Å². The number of rotatable bonds is 5. The van der Waals surface area contributed by atoms with Gasteiger partial charge in [-0.05, 0) is 56.5 Å². The number of anilines is 1. The van der Waals surface area contributed by atoms with Crippen molar-refractivity contribution in [3.8, 4) is 0 Å². The normalized spacial score (nSPS) is 15.0. The van der Waals surface area contributed by atoms with E-state index >= 15 is 0 Å². The maximum absolute atomic E-state index is 11.9. The molecule has 1 fully saturated rings. The smallest absolute Gasteiger partial charge is 0.250 e. The zero-order valence-corrected chi connectivity index (χ0v) is 13.8. The summed E-state index contributed by atoms with van der Waals surface area (Å²) < 4.78 is 0. The van der Waals surface area contributed by atoms with E-state index in [4.69, 9.17) is 17.3 Å². The van der Waals surface area contributed by atoms with Gasteiger partial charge >= 0.3 is 0 Å². The van der Waals surface area contributed by atoms with Crippen LogP contribution in [0.15, 0.2) is 18.2 Å². The Kier molecular flexibility index (Phi) is 7.65. The molecule has 1 saturated heterocycles. The van der Waals surface area contributed by atoms with Crippen LogP contribution in [0.3, 0.4) is 0 Å². The fraction of sp³-hybridized carbons (Fsp3) is 0.467. The number of primary amides is 1. The van der Waals surface area contributed by atoms with E-state index in [2.05, 4.69) is 10.6 Å². The highest BCUT2D eigenvalue weighted by molar-refractivity contribution is 6.33. The average Bonchev–Trinajstić information content (AvgIpc) is 2.48. The van der Waals surface area contributed by atoms with Gasteiger partial charge in [-0.2, -0.15) is 0 Å². The quantitative estimate of drug-likeness (QED) is 0.766. The number of hydrogen-bond donors (Lipinski definition) is 3. The highest BCUT2D eigenvalue weighted by Crippen LogP contribution is 2.21. The molecule has 0 spiro atoms. The van der Waals surface area contributed by atoms with Gasteiger partial charge in [-0.3, -0.25) is 9.59 Å². The van der Waals surface area contributed by atoms with Crippen molar-refractivity contribution in [2.75, 3.05) is 18.4 Å². The van der Waals surface area contributed by atoms with E-state index in [1.165, 1.54) is 6.07 Å². The fourth-order valence-corrected chi connectivity index (χ4v) is 2.73. The summed E-state index contributed by atoms with van der Waals surface area (Å²) in [5.74, 6) is -0.0412. The molecule has 1 aliphatic rings. The molecule has 0 atom stereocenters. The zero-order valence-electron chi connectivity index (χ0n) is 12.2. The van der Waals surface area contributed by atoms with Crippen LogP contribution in [0.25, 0.3) is 0 Å². The molecule has 0 aliphatic carbocycles. The number of benzene rings is 1. The van der Waals surface area contributed by atoms with Gasteiger partial charge in [0.1, 0.15) is 0 Å². The van der Waals surface area contributed by atoms with Gasteiger partial charge in [0.2, 0.25) is 11.8 Å². The lowest BCUT2D eigenvalue weighted by Gasteiger charge is -2.22. The maximum atomic E-state index is 11.9. The Hall–Kier alpha value is -1.30.